The van der Waals surface area contributed by atoms with Gasteiger partial charge < -0.3 is 14.7 Å². The Balaban J connectivity index is 1.50. The predicted molar refractivity (Wildman–Crippen MR) is 80.4 cm³/mol. The monoisotopic (exact) mass is 339 g/mol. The molecule has 3 heterocycles. The molecule has 3 rings (SSSR count). The van der Waals surface area contributed by atoms with Crippen molar-refractivity contribution >= 4 is 5.82 Å². The van der Waals surface area contributed by atoms with E-state index in [9.17, 15) is 18.3 Å². The molecule has 1 aliphatic heterocycles. The Bertz CT molecular complexity index is 659. The predicted octanol–water partition coefficient (Wildman–Crippen LogP) is 2.94. The maximum atomic E-state index is 12.1. The highest BCUT2D eigenvalue weighted by Crippen LogP contribution is 2.31. The van der Waals surface area contributed by atoms with Gasteiger partial charge in [-0.15, -0.1) is 13.2 Å². The highest BCUT2D eigenvalue weighted by atomic mass is 19.4. The van der Waals surface area contributed by atoms with Crippen molar-refractivity contribution in [3.63, 3.8) is 0 Å². The van der Waals surface area contributed by atoms with Crippen molar-refractivity contribution in [2.75, 3.05) is 18.0 Å². The van der Waals surface area contributed by atoms with Crippen molar-refractivity contribution in [3.05, 3.63) is 48.4 Å². The van der Waals surface area contributed by atoms with E-state index in [1.807, 2.05) is 11.0 Å². The largest absolute Gasteiger partial charge is 0.573 e. The zero-order valence-corrected chi connectivity index (χ0v) is 12.6. The fourth-order valence-corrected chi connectivity index (χ4v) is 2.68. The van der Waals surface area contributed by atoms with Crippen molar-refractivity contribution in [2.24, 2.45) is 5.92 Å². The van der Waals surface area contributed by atoms with Crippen molar-refractivity contribution < 1.29 is 23.0 Å². The van der Waals surface area contributed by atoms with E-state index in [1.165, 1.54) is 12.1 Å². The van der Waals surface area contributed by atoms with Gasteiger partial charge in [-0.25, -0.2) is 4.98 Å². The molecule has 24 heavy (non-hydrogen) atoms. The highest BCUT2D eigenvalue weighted by molar-refractivity contribution is 5.43. The molecule has 1 atom stereocenters. The smallest absolute Gasteiger partial charge is 0.404 e. The summed E-state index contributed by atoms with van der Waals surface area (Å²) in [6.07, 6.45) is -0.325. The molecule has 1 aliphatic rings. The third-order valence-electron chi connectivity index (χ3n) is 3.86. The van der Waals surface area contributed by atoms with Crippen LogP contribution in [0.2, 0.25) is 0 Å². The minimum absolute atomic E-state index is 0.299. The molecule has 8 heteroatoms. The summed E-state index contributed by atoms with van der Waals surface area (Å²) in [5.74, 6) is 0.556. The van der Waals surface area contributed by atoms with Gasteiger partial charge in [0.25, 0.3) is 0 Å². The van der Waals surface area contributed by atoms with Crippen molar-refractivity contribution in [1.82, 2.24) is 9.97 Å². The molecule has 0 aromatic carbocycles. The van der Waals surface area contributed by atoms with Crippen molar-refractivity contribution in [3.8, 4) is 5.75 Å². The fraction of sp³-hybridized carbons (Fsp3) is 0.375. The molecule has 1 N–H and O–H groups in total. The van der Waals surface area contributed by atoms with Crippen LogP contribution in [0.1, 0.15) is 18.1 Å². The standard InChI is InChI=1S/C16H16F3N3O2/c17-16(18,19)24-13-3-4-15(21-8-13)22-9-11(10-22)6-14(23)12-2-1-5-20-7-12/h1-5,7-8,11,14,23H,6,9-10H2. The van der Waals surface area contributed by atoms with Crippen molar-refractivity contribution in [2.45, 2.75) is 18.9 Å². The van der Waals surface area contributed by atoms with Crippen LogP contribution in [-0.2, 0) is 0 Å². The van der Waals surface area contributed by atoms with Gasteiger partial charge in [-0.3, -0.25) is 4.98 Å². The molecule has 0 bridgehead atoms. The topological polar surface area (TPSA) is 58.5 Å². The Labute approximate surface area is 136 Å². The molecule has 0 spiro atoms. The van der Waals surface area contributed by atoms with Gasteiger partial charge in [0, 0.05) is 25.5 Å². The summed E-state index contributed by atoms with van der Waals surface area (Å²) in [5, 5.41) is 10.2. The number of ether oxygens (including phenoxy) is 1. The van der Waals surface area contributed by atoms with Gasteiger partial charge in [0.05, 0.1) is 12.3 Å². The van der Waals surface area contributed by atoms with Gasteiger partial charge in [-0.2, -0.15) is 0 Å². The van der Waals surface area contributed by atoms with E-state index in [-0.39, 0.29) is 5.75 Å². The summed E-state index contributed by atoms with van der Waals surface area (Å²) >= 11 is 0. The lowest BCUT2D eigenvalue weighted by Crippen LogP contribution is -2.47. The Morgan fingerprint density at radius 2 is 2.04 bits per heavy atom. The minimum Gasteiger partial charge on any atom is -0.404 e. The van der Waals surface area contributed by atoms with Gasteiger partial charge in [-0.1, -0.05) is 6.07 Å². The first-order valence-electron chi connectivity index (χ1n) is 7.45. The number of alkyl halides is 3. The molecule has 2 aromatic heterocycles. The molecule has 1 saturated heterocycles. The van der Waals surface area contributed by atoms with E-state index >= 15 is 0 Å². The molecule has 0 amide bonds. The quantitative estimate of drug-likeness (QED) is 0.908. The molecule has 1 fully saturated rings. The number of hydrogen-bond acceptors (Lipinski definition) is 5. The van der Waals surface area contributed by atoms with Crippen LogP contribution in [0.5, 0.6) is 5.75 Å². The first kappa shape index (κ1) is 16.5. The second kappa shape index (κ2) is 6.64. The number of rotatable bonds is 5. The Kier molecular flexibility index (Phi) is 4.57. The maximum Gasteiger partial charge on any atom is 0.573 e. The van der Waals surface area contributed by atoms with E-state index in [4.69, 9.17) is 0 Å². The Morgan fingerprint density at radius 1 is 1.25 bits per heavy atom. The summed E-state index contributed by atoms with van der Waals surface area (Å²) in [6.45, 7) is 1.40. The number of pyridine rings is 2. The normalized spacial score (nSPS) is 16.6. The number of aromatic nitrogens is 2. The number of aliphatic hydroxyl groups is 1. The SMILES string of the molecule is OC(CC1CN(c2ccc(OC(F)(F)F)cn2)C1)c1cccnc1. The number of anilines is 1. The second-order valence-electron chi connectivity index (χ2n) is 5.71. The molecule has 2 aromatic rings. The van der Waals surface area contributed by atoms with Gasteiger partial charge in [0.2, 0.25) is 0 Å². The second-order valence-corrected chi connectivity index (χ2v) is 5.71. The summed E-state index contributed by atoms with van der Waals surface area (Å²) in [7, 11) is 0. The zero-order valence-electron chi connectivity index (χ0n) is 12.6. The zero-order chi connectivity index (χ0) is 17.2. The first-order chi connectivity index (χ1) is 11.4. The van der Waals surface area contributed by atoms with Crippen LogP contribution in [-0.4, -0.2) is 34.5 Å². The molecule has 0 aliphatic carbocycles. The number of aliphatic hydroxyl groups excluding tert-OH is 1. The van der Waals surface area contributed by atoms with Crippen molar-refractivity contribution in [1.29, 1.82) is 0 Å². The average Bonchev–Trinajstić information content (AvgIpc) is 2.51. The van der Waals surface area contributed by atoms with E-state index in [1.54, 1.807) is 18.5 Å². The Morgan fingerprint density at radius 3 is 2.62 bits per heavy atom. The lowest BCUT2D eigenvalue weighted by atomic mass is 9.91. The summed E-state index contributed by atoms with van der Waals surface area (Å²) in [6, 6.07) is 6.34. The molecular weight excluding hydrogens is 323 g/mol. The van der Waals surface area contributed by atoms with Crippen LogP contribution < -0.4 is 9.64 Å². The summed E-state index contributed by atoms with van der Waals surface area (Å²) < 4.78 is 40.1. The van der Waals surface area contributed by atoms with Crippen LogP contribution >= 0.6 is 0 Å². The van der Waals surface area contributed by atoms with Gasteiger partial charge >= 0.3 is 6.36 Å². The molecule has 0 radical (unpaired) electrons. The number of hydrogen-bond donors (Lipinski definition) is 1. The third-order valence-corrected chi connectivity index (χ3v) is 3.86. The third kappa shape index (κ3) is 4.14. The average molecular weight is 339 g/mol. The molecule has 1 unspecified atom stereocenters. The molecule has 128 valence electrons. The molecular formula is C16H16F3N3O2. The number of halogens is 3. The van der Waals surface area contributed by atoms with Gasteiger partial charge in [0.15, 0.2) is 0 Å². The highest BCUT2D eigenvalue weighted by Gasteiger charge is 2.32. The lowest BCUT2D eigenvalue weighted by molar-refractivity contribution is -0.274. The van der Waals surface area contributed by atoms with E-state index < -0.39 is 12.5 Å². The van der Waals surface area contributed by atoms with Crippen LogP contribution in [0.4, 0.5) is 19.0 Å². The molecule has 0 saturated carbocycles. The fourth-order valence-electron chi connectivity index (χ4n) is 2.68. The summed E-state index contributed by atoms with van der Waals surface area (Å²) in [5.41, 5.74) is 0.780. The maximum absolute atomic E-state index is 12.1. The van der Waals surface area contributed by atoms with Gasteiger partial charge in [0.1, 0.15) is 11.6 Å². The number of nitrogens with zero attached hydrogens (tertiary/aromatic N) is 3. The first-order valence-corrected chi connectivity index (χ1v) is 7.45. The Hall–Kier alpha value is -2.35. The van der Waals surface area contributed by atoms with Crippen LogP contribution in [0.3, 0.4) is 0 Å². The molecule has 5 nitrogen and oxygen atoms in total. The minimum atomic E-state index is -4.71. The lowest BCUT2D eigenvalue weighted by Gasteiger charge is -2.41. The van der Waals surface area contributed by atoms with E-state index in [2.05, 4.69) is 14.7 Å². The summed E-state index contributed by atoms with van der Waals surface area (Å²) in [4.78, 5) is 9.91. The van der Waals surface area contributed by atoms with Gasteiger partial charge in [-0.05, 0) is 36.1 Å². The van der Waals surface area contributed by atoms with Crippen LogP contribution in [0.25, 0.3) is 0 Å². The van der Waals surface area contributed by atoms with Crippen LogP contribution in [0.15, 0.2) is 42.9 Å². The van der Waals surface area contributed by atoms with Crippen LogP contribution in [0, 0.1) is 5.92 Å². The van der Waals surface area contributed by atoms with E-state index in [0.29, 0.717) is 31.2 Å². The van der Waals surface area contributed by atoms with E-state index in [0.717, 1.165) is 11.8 Å².